The van der Waals surface area contributed by atoms with Crippen LogP contribution in [0.4, 0.5) is 10.2 Å². The number of aromatic nitrogens is 1. The Kier molecular flexibility index (Phi) is 5.62. The highest BCUT2D eigenvalue weighted by molar-refractivity contribution is 5.37. The molecule has 21 heavy (non-hydrogen) atoms. The number of nitrogen functional groups attached to an aromatic ring is 1. The van der Waals surface area contributed by atoms with Gasteiger partial charge in [0.2, 0.25) is 0 Å². The summed E-state index contributed by atoms with van der Waals surface area (Å²) in [6, 6.07) is 11.1. The molecule has 0 aliphatic carbocycles. The normalized spacial score (nSPS) is 12.1. The smallest absolute Gasteiger partial charge is 0.147 e. The maximum Gasteiger partial charge on any atom is 0.147 e. The molecule has 112 valence electrons. The highest BCUT2D eigenvalue weighted by Crippen LogP contribution is 2.21. The first-order chi connectivity index (χ1) is 10.2. The summed E-state index contributed by atoms with van der Waals surface area (Å²) in [5, 5.41) is 10.0. The number of anilines is 1. The largest absolute Gasteiger partial charge is 0.388 e. The Morgan fingerprint density at radius 1 is 1.33 bits per heavy atom. The molecule has 1 heterocycles. The summed E-state index contributed by atoms with van der Waals surface area (Å²) in [7, 11) is 0. The van der Waals surface area contributed by atoms with Gasteiger partial charge in [0.15, 0.2) is 0 Å². The minimum atomic E-state index is -0.962. The molecular weight excluding hydrogens is 273 g/mol. The molecule has 1 unspecified atom stereocenters. The van der Waals surface area contributed by atoms with Crippen LogP contribution in [-0.2, 0) is 11.3 Å². The first kappa shape index (κ1) is 15.4. The Bertz CT molecular complexity index is 566. The molecule has 0 bridgehead atoms. The molecule has 1 aromatic heterocycles. The van der Waals surface area contributed by atoms with E-state index in [-0.39, 0.29) is 12.0 Å². The molecule has 4 N–H and O–H groups in total. The van der Waals surface area contributed by atoms with Crippen LogP contribution in [0.2, 0.25) is 0 Å². The summed E-state index contributed by atoms with van der Waals surface area (Å²) >= 11 is 0. The van der Waals surface area contributed by atoms with Gasteiger partial charge in [0, 0.05) is 18.6 Å². The highest BCUT2D eigenvalue weighted by atomic mass is 19.1. The Balaban J connectivity index is 1.83. The zero-order valence-electron chi connectivity index (χ0n) is 11.5. The number of ether oxygens (including phenoxy) is 1. The molecule has 0 radical (unpaired) electrons. The van der Waals surface area contributed by atoms with Crippen LogP contribution in [0.1, 0.15) is 23.7 Å². The molecule has 0 amide bonds. The van der Waals surface area contributed by atoms with Gasteiger partial charge in [0.05, 0.1) is 18.9 Å². The SMILES string of the molecule is NNc1cc(C(O)CCOCc2ccccc2)c(F)cn1. The fourth-order valence-corrected chi connectivity index (χ4v) is 1.90. The predicted octanol–water partition coefficient (Wildman–Crippen LogP) is 2.15. The fraction of sp³-hybridized carbons (Fsp3) is 0.267. The monoisotopic (exact) mass is 291 g/mol. The number of hydrogen-bond donors (Lipinski definition) is 3. The van der Waals surface area contributed by atoms with Crippen molar-refractivity contribution in [1.29, 1.82) is 0 Å². The number of aliphatic hydroxyl groups excluding tert-OH is 1. The van der Waals surface area contributed by atoms with E-state index in [9.17, 15) is 9.50 Å². The van der Waals surface area contributed by atoms with Gasteiger partial charge in [-0.3, -0.25) is 0 Å². The van der Waals surface area contributed by atoms with Gasteiger partial charge in [-0.2, -0.15) is 0 Å². The van der Waals surface area contributed by atoms with Gasteiger partial charge in [0.25, 0.3) is 0 Å². The van der Waals surface area contributed by atoms with E-state index in [0.717, 1.165) is 11.8 Å². The van der Waals surface area contributed by atoms with Crippen molar-refractivity contribution in [2.24, 2.45) is 5.84 Å². The molecule has 0 saturated heterocycles. The average Bonchev–Trinajstić information content (AvgIpc) is 2.53. The molecule has 0 aliphatic rings. The molecular formula is C15H18FN3O2. The Morgan fingerprint density at radius 2 is 2.10 bits per heavy atom. The number of halogens is 1. The highest BCUT2D eigenvalue weighted by Gasteiger charge is 2.14. The first-order valence-corrected chi connectivity index (χ1v) is 6.62. The summed E-state index contributed by atoms with van der Waals surface area (Å²) in [4.78, 5) is 3.72. The van der Waals surface area contributed by atoms with Crippen molar-refractivity contribution < 1.29 is 14.2 Å². The maximum absolute atomic E-state index is 13.6. The summed E-state index contributed by atoms with van der Waals surface area (Å²) in [5.41, 5.74) is 3.52. The molecule has 6 heteroatoms. The number of hydrogen-bond acceptors (Lipinski definition) is 5. The van der Waals surface area contributed by atoms with Crippen molar-refractivity contribution in [3.05, 3.63) is 59.5 Å². The van der Waals surface area contributed by atoms with E-state index in [4.69, 9.17) is 10.6 Å². The Labute approximate surface area is 122 Å². The van der Waals surface area contributed by atoms with E-state index in [2.05, 4.69) is 10.4 Å². The second kappa shape index (κ2) is 7.68. The van der Waals surface area contributed by atoms with Gasteiger partial charge < -0.3 is 15.3 Å². The van der Waals surface area contributed by atoms with Crippen molar-refractivity contribution in [1.82, 2.24) is 4.98 Å². The van der Waals surface area contributed by atoms with E-state index < -0.39 is 11.9 Å². The molecule has 0 spiro atoms. The third-order valence-corrected chi connectivity index (χ3v) is 3.04. The summed E-state index contributed by atoms with van der Waals surface area (Å²) < 4.78 is 19.1. The summed E-state index contributed by atoms with van der Waals surface area (Å²) in [6.07, 6.45) is 0.354. The van der Waals surface area contributed by atoms with E-state index in [0.29, 0.717) is 19.0 Å². The predicted molar refractivity (Wildman–Crippen MR) is 77.7 cm³/mol. The van der Waals surface area contributed by atoms with E-state index in [1.54, 1.807) is 0 Å². The average molecular weight is 291 g/mol. The number of rotatable bonds is 7. The number of benzene rings is 1. The first-order valence-electron chi connectivity index (χ1n) is 6.62. The van der Waals surface area contributed by atoms with Crippen LogP contribution in [-0.4, -0.2) is 16.7 Å². The molecule has 1 aromatic carbocycles. The minimum absolute atomic E-state index is 0.154. The van der Waals surface area contributed by atoms with E-state index >= 15 is 0 Å². The second-order valence-electron chi connectivity index (χ2n) is 4.58. The number of nitrogens with two attached hydrogens (primary N) is 1. The van der Waals surface area contributed by atoms with Crippen LogP contribution in [0.15, 0.2) is 42.6 Å². The van der Waals surface area contributed by atoms with Crippen molar-refractivity contribution in [2.75, 3.05) is 12.0 Å². The van der Waals surface area contributed by atoms with E-state index in [1.165, 1.54) is 6.07 Å². The minimum Gasteiger partial charge on any atom is -0.388 e. The van der Waals surface area contributed by atoms with Crippen LogP contribution in [0.3, 0.4) is 0 Å². The van der Waals surface area contributed by atoms with Crippen LogP contribution >= 0.6 is 0 Å². The number of hydrazine groups is 1. The molecule has 0 fully saturated rings. The van der Waals surface area contributed by atoms with Gasteiger partial charge in [-0.1, -0.05) is 30.3 Å². The number of nitrogens with one attached hydrogen (secondary N) is 1. The lowest BCUT2D eigenvalue weighted by atomic mass is 10.1. The second-order valence-corrected chi connectivity index (χ2v) is 4.58. The Morgan fingerprint density at radius 3 is 2.81 bits per heavy atom. The van der Waals surface area contributed by atoms with Crippen molar-refractivity contribution in [3.63, 3.8) is 0 Å². The molecule has 5 nitrogen and oxygen atoms in total. The summed E-state index contributed by atoms with van der Waals surface area (Å²) in [5.74, 6) is 4.95. The number of nitrogens with zero attached hydrogens (tertiary/aromatic N) is 1. The van der Waals surface area contributed by atoms with Crippen LogP contribution in [0, 0.1) is 5.82 Å². The quantitative estimate of drug-likeness (QED) is 0.414. The standard InChI is InChI=1S/C15H18FN3O2/c16-13-9-18-15(19-17)8-12(13)14(20)6-7-21-10-11-4-2-1-3-5-11/h1-5,8-9,14,20H,6-7,10,17H2,(H,18,19). The molecule has 0 aliphatic heterocycles. The number of aliphatic hydroxyl groups is 1. The third-order valence-electron chi connectivity index (χ3n) is 3.04. The van der Waals surface area contributed by atoms with Crippen molar-refractivity contribution >= 4 is 5.82 Å². The van der Waals surface area contributed by atoms with Crippen LogP contribution in [0.25, 0.3) is 0 Å². The maximum atomic E-state index is 13.6. The Hall–Kier alpha value is -2.02. The van der Waals surface area contributed by atoms with Crippen molar-refractivity contribution in [2.45, 2.75) is 19.1 Å². The van der Waals surface area contributed by atoms with Gasteiger partial charge in [-0.05, 0) is 11.6 Å². The van der Waals surface area contributed by atoms with Crippen LogP contribution in [0.5, 0.6) is 0 Å². The molecule has 2 aromatic rings. The van der Waals surface area contributed by atoms with Gasteiger partial charge >= 0.3 is 0 Å². The summed E-state index contributed by atoms with van der Waals surface area (Å²) in [6.45, 7) is 0.783. The zero-order valence-corrected chi connectivity index (χ0v) is 11.5. The van der Waals surface area contributed by atoms with Gasteiger partial charge in [0.1, 0.15) is 11.6 Å². The number of pyridine rings is 1. The molecule has 1 atom stereocenters. The fourth-order valence-electron chi connectivity index (χ4n) is 1.90. The topological polar surface area (TPSA) is 80.4 Å². The lowest BCUT2D eigenvalue weighted by Crippen LogP contribution is -2.11. The lowest BCUT2D eigenvalue weighted by molar-refractivity contribution is 0.0719. The van der Waals surface area contributed by atoms with Crippen LogP contribution < -0.4 is 11.3 Å². The van der Waals surface area contributed by atoms with Crippen molar-refractivity contribution in [3.8, 4) is 0 Å². The third kappa shape index (κ3) is 4.49. The molecule has 2 rings (SSSR count). The van der Waals surface area contributed by atoms with E-state index in [1.807, 2.05) is 30.3 Å². The zero-order chi connectivity index (χ0) is 15.1. The van der Waals surface area contributed by atoms with Gasteiger partial charge in [-0.15, -0.1) is 0 Å². The molecule has 0 saturated carbocycles. The lowest BCUT2D eigenvalue weighted by Gasteiger charge is -2.13. The van der Waals surface area contributed by atoms with Gasteiger partial charge in [-0.25, -0.2) is 15.2 Å².